The van der Waals surface area contributed by atoms with Gasteiger partial charge in [0.25, 0.3) is 0 Å². The lowest BCUT2D eigenvalue weighted by molar-refractivity contribution is 0.723. The molecule has 0 spiro atoms. The zero-order chi connectivity index (χ0) is 13.8. The highest BCUT2D eigenvalue weighted by molar-refractivity contribution is 8.00. The summed E-state index contributed by atoms with van der Waals surface area (Å²) in [6.07, 6.45) is 2.23. The fourth-order valence-corrected chi connectivity index (χ4v) is 3.94. The average molecular weight is 278 g/mol. The van der Waals surface area contributed by atoms with E-state index in [2.05, 4.69) is 55.6 Å². The predicted octanol–water partition coefficient (Wildman–Crippen LogP) is 3.22. The van der Waals surface area contributed by atoms with Gasteiger partial charge in [-0.1, -0.05) is 19.1 Å². The zero-order valence-electron chi connectivity index (χ0n) is 12.4. The van der Waals surface area contributed by atoms with Gasteiger partial charge in [0.05, 0.1) is 0 Å². The van der Waals surface area contributed by atoms with Crippen molar-refractivity contribution in [1.82, 2.24) is 0 Å². The first-order valence-electron chi connectivity index (χ1n) is 7.31. The number of rotatable bonds is 4. The average Bonchev–Trinajstić information content (AvgIpc) is 2.38. The summed E-state index contributed by atoms with van der Waals surface area (Å²) in [5.74, 6) is 1.25. The van der Waals surface area contributed by atoms with Crippen LogP contribution in [0.15, 0.2) is 18.2 Å². The maximum atomic E-state index is 5.88. The topological polar surface area (TPSA) is 29.3 Å². The second-order valence-electron chi connectivity index (χ2n) is 5.65. The summed E-state index contributed by atoms with van der Waals surface area (Å²) in [5, 5.41) is 0.789. The van der Waals surface area contributed by atoms with Crippen molar-refractivity contribution in [2.45, 2.75) is 44.9 Å². The van der Waals surface area contributed by atoms with E-state index in [-0.39, 0.29) is 6.04 Å². The number of nitrogens with two attached hydrogens (primary N) is 1. The van der Waals surface area contributed by atoms with E-state index in [0.29, 0.717) is 0 Å². The number of hydrogen-bond donors (Lipinski definition) is 1. The highest BCUT2D eigenvalue weighted by Crippen LogP contribution is 2.28. The molecule has 1 saturated heterocycles. The molecule has 19 heavy (non-hydrogen) atoms. The normalized spacial score (nSPS) is 21.5. The van der Waals surface area contributed by atoms with E-state index in [0.717, 1.165) is 11.7 Å². The number of thioether (sulfide) groups is 1. The van der Waals surface area contributed by atoms with E-state index in [4.69, 9.17) is 5.73 Å². The first-order chi connectivity index (χ1) is 9.10. The van der Waals surface area contributed by atoms with Gasteiger partial charge in [0, 0.05) is 35.8 Å². The molecule has 0 aliphatic carbocycles. The molecule has 1 aliphatic heterocycles. The van der Waals surface area contributed by atoms with Gasteiger partial charge in [-0.2, -0.15) is 11.8 Å². The third-order valence-corrected chi connectivity index (χ3v) is 5.13. The molecular formula is C16H26N2S. The van der Waals surface area contributed by atoms with Gasteiger partial charge in [0.1, 0.15) is 0 Å². The first kappa shape index (κ1) is 14.7. The number of anilines is 1. The minimum atomic E-state index is 0.237. The molecule has 2 atom stereocenters. The van der Waals surface area contributed by atoms with Gasteiger partial charge in [-0.3, -0.25) is 0 Å². The molecule has 0 amide bonds. The van der Waals surface area contributed by atoms with Gasteiger partial charge < -0.3 is 10.6 Å². The summed E-state index contributed by atoms with van der Waals surface area (Å²) in [7, 11) is 0. The van der Waals surface area contributed by atoms with Gasteiger partial charge in [0.2, 0.25) is 0 Å². The van der Waals surface area contributed by atoms with Gasteiger partial charge in [0.15, 0.2) is 0 Å². The van der Waals surface area contributed by atoms with Crippen molar-refractivity contribution < 1.29 is 0 Å². The molecule has 2 N–H and O–H groups in total. The maximum Gasteiger partial charge on any atom is 0.0396 e. The fraction of sp³-hybridized carbons (Fsp3) is 0.625. The number of aryl methyl sites for hydroxylation is 1. The van der Waals surface area contributed by atoms with E-state index in [1.54, 1.807) is 0 Å². The van der Waals surface area contributed by atoms with Crippen LogP contribution in [0, 0.1) is 6.92 Å². The van der Waals surface area contributed by atoms with Crippen molar-refractivity contribution in [3.05, 3.63) is 29.3 Å². The van der Waals surface area contributed by atoms with Crippen LogP contribution in [-0.4, -0.2) is 30.1 Å². The van der Waals surface area contributed by atoms with Crippen LogP contribution < -0.4 is 10.6 Å². The van der Waals surface area contributed by atoms with E-state index < -0.39 is 0 Å². The molecule has 1 heterocycles. The van der Waals surface area contributed by atoms with E-state index in [1.165, 1.54) is 42.1 Å². The van der Waals surface area contributed by atoms with Crippen LogP contribution in [0.5, 0.6) is 0 Å². The molecule has 1 fully saturated rings. The summed E-state index contributed by atoms with van der Waals surface area (Å²) < 4.78 is 0. The van der Waals surface area contributed by atoms with Crippen LogP contribution in [-0.2, 0) is 6.42 Å². The molecule has 2 rings (SSSR count). The molecule has 0 saturated carbocycles. The quantitative estimate of drug-likeness (QED) is 0.917. The Morgan fingerprint density at radius 1 is 1.47 bits per heavy atom. The third-order valence-electron chi connectivity index (χ3n) is 3.75. The Morgan fingerprint density at radius 3 is 2.89 bits per heavy atom. The van der Waals surface area contributed by atoms with Crippen molar-refractivity contribution >= 4 is 17.4 Å². The molecule has 0 bridgehead atoms. The second kappa shape index (κ2) is 6.67. The summed E-state index contributed by atoms with van der Waals surface area (Å²) in [5.41, 5.74) is 10.0. The molecule has 106 valence electrons. The molecule has 2 unspecified atom stereocenters. The van der Waals surface area contributed by atoms with Crippen molar-refractivity contribution in [3.8, 4) is 0 Å². The number of benzene rings is 1. The molecule has 1 aromatic carbocycles. The Kier molecular flexibility index (Phi) is 5.17. The summed E-state index contributed by atoms with van der Waals surface area (Å²) in [6, 6.07) is 7.08. The van der Waals surface area contributed by atoms with Gasteiger partial charge in [-0.15, -0.1) is 0 Å². The lowest BCUT2D eigenvalue weighted by atomic mass is 10.0. The maximum absolute atomic E-state index is 5.88. The van der Waals surface area contributed by atoms with Crippen LogP contribution in [0.25, 0.3) is 0 Å². The smallest absolute Gasteiger partial charge is 0.0396 e. The summed E-state index contributed by atoms with van der Waals surface area (Å²) in [4.78, 5) is 2.55. The Morgan fingerprint density at radius 2 is 2.26 bits per heavy atom. The van der Waals surface area contributed by atoms with Crippen molar-refractivity contribution in [2.24, 2.45) is 5.73 Å². The van der Waals surface area contributed by atoms with Crippen molar-refractivity contribution in [1.29, 1.82) is 0 Å². The summed E-state index contributed by atoms with van der Waals surface area (Å²) >= 11 is 2.12. The minimum absolute atomic E-state index is 0.237. The van der Waals surface area contributed by atoms with Crippen LogP contribution in [0.3, 0.4) is 0 Å². The molecule has 2 nitrogen and oxygen atoms in total. The summed E-state index contributed by atoms with van der Waals surface area (Å²) in [6.45, 7) is 8.95. The Balaban J connectivity index is 2.11. The van der Waals surface area contributed by atoms with E-state index >= 15 is 0 Å². The minimum Gasteiger partial charge on any atom is -0.369 e. The Bertz CT molecular complexity index is 417. The molecule has 0 radical (unpaired) electrons. The Labute approximate surface area is 121 Å². The highest BCUT2D eigenvalue weighted by Gasteiger charge is 2.20. The van der Waals surface area contributed by atoms with Gasteiger partial charge in [-0.25, -0.2) is 0 Å². The van der Waals surface area contributed by atoms with Crippen LogP contribution in [0.4, 0.5) is 5.69 Å². The third kappa shape index (κ3) is 3.90. The number of nitrogens with zero attached hydrogens (tertiary/aromatic N) is 1. The standard InChI is InChI=1S/C16H26N2S/c1-4-15-11-18(7-8-19-15)16-6-5-14(9-12(16)2)10-13(3)17/h5-6,9,13,15H,4,7-8,10-11,17H2,1-3H3. The molecule has 1 aromatic rings. The van der Waals surface area contributed by atoms with Gasteiger partial charge in [-0.05, 0) is 43.9 Å². The molecule has 1 aliphatic rings. The van der Waals surface area contributed by atoms with E-state index in [9.17, 15) is 0 Å². The Hall–Kier alpha value is -0.670. The lowest BCUT2D eigenvalue weighted by Gasteiger charge is -2.34. The highest BCUT2D eigenvalue weighted by atomic mass is 32.2. The fourth-order valence-electron chi connectivity index (χ4n) is 2.76. The van der Waals surface area contributed by atoms with Crippen LogP contribution in [0.1, 0.15) is 31.4 Å². The zero-order valence-corrected chi connectivity index (χ0v) is 13.2. The van der Waals surface area contributed by atoms with E-state index in [1.807, 2.05) is 0 Å². The lowest BCUT2D eigenvalue weighted by Crippen LogP contribution is -2.38. The van der Waals surface area contributed by atoms with Crippen LogP contribution >= 0.6 is 11.8 Å². The SMILES string of the molecule is CCC1CN(c2ccc(CC(C)N)cc2C)CCS1. The van der Waals surface area contributed by atoms with Gasteiger partial charge >= 0.3 is 0 Å². The number of hydrogen-bond acceptors (Lipinski definition) is 3. The monoisotopic (exact) mass is 278 g/mol. The van der Waals surface area contributed by atoms with Crippen LogP contribution in [0.2, 0.25) is 0 Å². The largest absolute Gasteiger partial charge is 0.369 e. The predicted molar refractivity (Wildman–Crippen MR) is 87.3 cm³/mol. The molecule has 3 heteroatoms. The first-order valence-corrected chi connectivity index (χ1v) is 8.36. The van der Waals surface area contributed by atoms with Crippen molar-refractivity contribution in [3.63, 3.8) is 0 Å². The molecule has 0 aromatic heterocycles. The molecular weight excluding hydrogens is 252 g/mol. The van der Waals surface area contributed by atoms with Crippen molar-refractivity contribution in [2.75, 3.05) is 23.7 Å². The second-order valence-corrected chi connectivity index (χ2v) is 7.06.